The molecule has 1 unspecified atom stereocenters. The van der Waals surface area contributed by atoms with Gasteiger partial charge in [0.15, 0.2) is 0 Å². The number of carbonyl (C=O) groups excluding carboxylic acids is 1. The minimum absolute atomic E-state index is 0.0681. The number of hydrogen-bond donors (Lipinski definition) is 3. The number of benzene rings is 1. The average Bonchev–Trinajstić information content (AvgIpc) is 2.78. The van der Waals surface area contributed by atoms with Crippen molar-refractivity contribution in [3.8, 4) is 0 Å². The second kappa shape index (κ2) is 4.97. The maximum absolute atomic E-state index is 11.7. The molecule has 1 heterocycles. The van der Waals surface area contributed by atoms with Gasteiger partial charge in [0, 0.05) is 17.8 Å². The van der Waals surface area contributed by atoms with E-state index in [0.717, 1.165) is 23.0 Å². The van der Waals surface area contributed by atoms with Crippen molar-refractivity contribution in [2.45, 2.75) is 25.8 Å². The molecule has 1 aromatic carbocycles. The van der Waals surface area contributed by atoms with Crippen LogP contribution in [-0.4, -0.2) is 22.1 Å². The smallest absolute Gasteiger partial charge is 0.225 e. The van der Waals surface area contributed by atoms with Crippen LogP contribution in [0.2, 0.25) is 0 Å². The van der Waals surface area contributed by atoms with Crippen LogP contribution in [0, 0.1) is 0 Å². The number of nitrogens with two attached hydrogens (primary N) is 1. The fraction of sp³-hybridized carbons (Fsp3) is 0.333. The Morgan fingerprint density at radius 3 is 3.18 bits per heavy atom. The number of amides is 1. The summed E-state index contributed by atoms with van der Waals surface area (Å²) in [5.74, 6) is -0.0681. The first-order chi connectivity index (χ1) is 8.20. The number of rotatable bonds is 4. The molecule has 0 saturated carbocycles. The summed E-state index contributed by atoms with van der Waals surface area (Å²) in [5, 5.41) is 10.6. The number of carbonyl (C=O) groups is 1. The molecule has 0 radical (unpaired) electrons. The van der Waals surface area contributed by atoms with Crippen LogP contribution in [0.4, 0.5) is 5.69 Å². The normalized spacial score (nSPS) is 12.6. The molecule has 4 N–H and O–H groups in total. The summed E-state index contributed by atoms with van der Waals surface area (Å²) >= 11 is 0. The molecule has 2 aromatic rings. The van der Waals surface area contributed by atoms with Crippen molar-refractivity contribution in [3.05, 3.63) is 24.4 Å². The van der Waals surface area contributed by atoms with Crippen LogP contribution < -0.4 is 11.1 Å². The quantitative estimate of drug-likeness (QED) is 0.749. The minimum atomic E-state index is -0.0871. The van der Waals surface area contributed by atoms with Crippen LogP contribution in [-0.2, 0) is 4.79 Å². The van der Waals surface area contributed by atoms with Crippen molar-refractivity contribution < 1.29 is 4.79 Å². The van der Waals surface area contributed by atoms with E-state index in [0.29, 0.717) is 6.42 Å². The van der Waals surface area contributed by atoms with Crippen molar-refractivity contribution in [1.82, 2.24) is 10.2 Å². The number of H-pyrrole nitrogens is 1. The highest BCUT2D eigenvalue weighted by molar-refractivity contribution is 6.00. The molecular weight excluding hydrogens is 216 g/mol. The van der Waals surface area contributed by atoms with Gasteiger partial charge in [-0.15, -0.1) is 0 Å². The van der Waals surface area contributed by atoms with E-state index in [1.807, 2.05) is 25.1 Å². The largest absolute Gasteiger partial charge is 0.327 e. The highest BCUT2D eigenvalue weighted by Gasteiger charge is 2.10. The van der Waals surface area contributed by atoms with Gasteiger partial charge in [0.05, 0.1) is 17.4 Å². The van der Waals surface area contributed by atoms with Crippen molar-refractivity contribution in [2.24, 2.45) is 5.73 Å². The van der Waals surface area contributed by atoms with E-state index in [1.54, 1.807) is 6.20 Å². The van der Waals surface area contributed by atoms with Crippen molar-refractivity contribution in [1.29, 1.82) is 0 Å². The fourth-order valence-electron chi connectivity index (χ4n) is 1.66. The zero-order chi connectivity index (χ0) is 12.3. The molecule has 0 fully saturated rings. The highest BCUT2D eigenvalue weighted by Crippen LogP contribution is 2.20. The molecule has 5 nitrogen and oxygen atoms in total. The number of aromatic amines is 1. The van der Waals surface area contributed by atoms with Gasteiger partial charge >= 0.3 is 0 Å². The molecule has 2 rings (SSSR count). The molecule has 0 saturated heterocycles. The lowest BCUT2D eigenvalue weighted by Crippen LogP contribution is -2.26. The van der Waals surface area contributed by atoms with E-state index in [1.165, 1.54) is 0 Å². The minimum Gasteiger partial charge on any atom is -0.327 e. The lowest BCUT2D eigenvalue weighted by atomic mass is 10.1. The van der Waals surface area contributed by atoms with E-state index >= 15 is 0 Å². The topological polar surface area (TPSA) is 83.8 Å². The summed E-state index contributed by atoms with van der Waals surface area (Å²) in [4.78, 5) is 11.7. The average molecular weight is 232 g/mol. The highest BCUT2D eigenvalue weighted by atomic mass is 16.1. The number of nitrogens with zero attached hydrogens (tertiary/aromatic N) is 1. The van der Waals surface area contributed by atoms with Crippen LogP contribution in [0.3, 0.4) is 0 Å². The van der Waals surface area contributed by atoms with Crippen LogP contribution in [0.5, 0.6) is 0 Å². The van der Waals surface area contributed by atoms with Crippen molar-refractivity contribution in [2.75, 3.05) is 5.32 Å². The zero-order valence-electron chi connectivity index (χ0n) is 9.73. The van der Waals surface area contributed by atoms with Gasteiger partial charge in [0.25, 0.3) is 0 Å². The molecule has 1 aromatic heterocycles. The van der Waals surface area contributed by atoms with Crippen LogP contribution >= 0.6 is 0 Å². The Hall–Kier alpha value is -1.88. The van der Waals surface area contributed by atoms with Crippen molar-refractivity contribution in [3.63, 3.8) is 0 Å². The summed E-state index contributed by atoms with van der Waals surface area (Å²) in [6.07, 6.45) is 2.85. The number of nitrogens with one attached hydrogen (secondary N) is 2. The first-order valence-corrected chi connectivity index (χ1v) is 5.68. The molecule has 1 atom stereocenters. The first-order valence-electron chi connectivity index (χ1n) is 5.68. The van der Waals surface area contributed by atoms with Gasteiger partial charge in [0.1, 0.15) is 0 Å². The Labute approximate surface area is 99.4 Å². The number of aromatic nitrogens is 2. The Kier molecular flexibility index (Phi) is 3.39. The first kappa shape index (κ1) is 11.6. The molecular formula is C12H16N4O. The molecule has 5 heteroatoms. The van der Waals surface area contributed by atoms with Crippen LogP contribution in [0.15, 0.2) is 24.4 Å². The van der Waals surface area contributed by atoms with E-state index in [2.05, 4.69) is 15.5 Å². The maximum atomic E-state index is 11.7. The molecule has 0 spiro atoms. The number of fused-ring (bicyclic) bond motifs is 1. The van der Waals surface area contributed by atoms with Gasteiger partial charge in [-0.2, -0.15) is 5.10 Å². The fourth-order valence-corrected chi connectivity index (χ4v) is 1.66. The second-order valence-electron chi connectivity index (χ2n) is 4.06. The van der Waals surface area contributed by atoms with E-state index in [-0.39, 0.29) is 11.9 Å². The molecule has 17 heavy (non-hydrogen) atoms. The molecule has 0 aliphatic heterocycles. The standard InChI is InChI=1S/C12H16N4O/c1-2-9(13)6-11(17)15-10-5-3-4-8-7-14-16-12(8)10/h3-5,7,9H,2,6,13H2,1H3,(H,14,16)(H,15,17). The molecule has 0 aliphatic carbocycles. The molecule has 1 amide bonds. The summed E-state index contributed by atoms with van der Waals surface area (Å²) in [6, 6.07) is 5.58. The Morgan fingerprint density at radius 1 is 1.59 bits per heavy atom. The zero-order valence-corrected chi connectivity index (χ0v) is 9.73. The van der Waals surface area contributed by atoms with Gasteiger partial charge in [-0.25, -0.2) is 0 Å². The number of hydrogen-bond acceptors (Lipinski definition) is 3. The third-order valence-corrected chi connectivity index (χ3v) is 2.72. The Bertz CT molecular complexity index is 520. The van der Waals surface area contributed by atoms with E-state index < -0.39 is 0 Å². The molecule has 0 bridgehead atoms. The SMILES string of the molecule is CCC(N)CC(=O)Nc1cccc2cn[nH]c12. The van der Waals surface area contributed by atoms with Gasteiger partial charge < -0.3 is 11.1 Å². The number of para-hydroxylation sites is 1. The van der Waals surface area contributed by atoms with E-state index in [9.17, 15) is 4.79 Å². The molecule has 0 aliphatic rings. The second-order valence-corrected chi connectivity index (χ2v) is 4.06. The predicted molar refractivity (Wildman–Crippen MR) is 67.6 cm³/mol. The monoisotopic (exact) mass is 232 g/mol. The lowest BCUT2D eigenvalue weighted by Gasteiger charge is -2.09. The maximum Gasteiger partial charge on any atom is 0.225 e. The van der Waals surface area contributed by atoms with Crippen molar-refractivity contribution >= 4 is 22.5 Å². The summed E-state index contributed by atoms with van der Waals surface area (Å²) in [7, 11) is 0. The third-order valence-electron chi connectivity index (χ3n) is 2.72. The third kappa shape index (κ3) is 2.62. The van der Waals surface area contributed by atoms with Gasteiger partial charge in [-0.05, 0) is 12.5 Å². The van der Waals surface area contributed by atoms with Gasteiger partial charge in [-0.1, -0.05) is 19.1 Å². The van der Waals surface area contributed by atoms with E-state index in [4.69, 9.17) is 5.73 Å². The summed E-state index contributed by atoms with van der Waals surface area (Å²) in [6.45, 7) is 1.97. The molecule has 90 valence electrons. The van der Waals surface area contributed by atoms with Gasteiger partial charge in [-0.3, -0.25) is 9.89 Å². The summed E-state index contributed by atoms with van der Waals surface area (Å²) < 4.78 is 0. The van der Waals surface area contributed by atoms with Crippen LogP contribution in [0.25, 0.3) is 10.9 Å². The van der Waals surface area contributed by atoms with Gasteiger partial charge in [0.2, 0.25) is 5.91 Å². The Morgan fingerprint density at radius 2 is 2.41 bits per heavy atom. The summed E-state index contributed by atoms with van der Waals surface area (Å²) in [5.41, 5.74) is 7.32. The predicted octanol–water partition coefficient (Wildman–Crippen LogP) is 1.63. The lowest BCUT2D eigenvalue weighted by molar-refractivity contribution is -0.116. The van der Waals surface area contributed by atoms with Crippen LogP contribution in [0.1, 0.15) is 19.8 Å². The Balaban J connectivity index is 2.13. The number of anilines is 1.